The predicted octanol–water partition coefficient (Wildman–Crippen LogP) is 5.13. The fourth-order valence-electron chi connectivity index (χ4n) is 3.70. The molecule has 6 heterocycles. The summed E-state index contributed by atoms with van der Waals surface area (Å²) in [5.41, 5.74) is 5.94. The van der Waals surface area contributed by atoms with Gasteiger partial charge in [-0.15, -0.1) is 0 Å². The molecule has 6 aromatic rings. The number of imidazole rings is 1. The van der Waals surface area contributed by atoms with E-state index in [1.54, 1.807) is 36.1 Å². The summed E-state index contributed by atoms with van der Waals surface area (Å²) < 4.78 is 15.7. The Morgan fingerprint density at radius 3 is 2.74 bits per heavy atom. The minimum absolute atomic E-state index is 0.234. The van der Waals surface area contributed by atoms with E-state index in [9.17, 15) is 0 Å². The highest BCUT2D eigenvalue weighted by molar-refractivity contribution is 7.08. The van der Waals surface area contributed by atoms with Crippen LogP contribution in [0.15, 0.2) is 53.7 Å². The second-order valence-electron chi connectivity index (χ2n) is 7.13. The van der Waals surface area contributed by atoms with Crippen molar-refractivity contribution in [2.45, 2.75) is 6.92 Å². The minimum Gasteiger partial charge on any atom is -0.336 e. The molecule has 150 valence electrons. The van der Waals surface area contributed by atoms with E-state index in [0.717, 1.165) is 22.3 Å². The Balaban J connectivity index is 1.57. The summed E-state index contributed by atoms with van der Waals surface area (Å²) in [5.74, 6) is -0.00122. The van der Waals surface area contributed by atoms with Crippen LogP contribution in [-0.4, -0.2) is 35.1 Å². The quantitative estimate of drug-likeness (QED) is 0.408. The van der Waals surface area contributed by atoms with E-state index in [-0.39, 0.29) is 5.69 Å². The normalized spacial score (nSPS) is 11.5. The Morgan fingerprint density at radius 1 is 0.968 bits per heavy atom. The van der Waals surface area contributed by atoms with Crippen LogP contribution in [0.4, 0.5) is 4.39 Å². The van der Waals surface area contributed by atoms with E-state index >= 15 is 4.39 Å². The third-order valence-electron chi connectivity index (χ3n) is 5.26. The van der Waals surface area contributed by atoms with Gasteiger partial charge in [0.05, 0.1) is 28.3 Å². The molecule has 0 aliphatic rings. The summed E-state index contributed by atoms with van der Waals surface area (Å²) in [6, 6.07) is 5.67. The van der Waals surface area contributed by atoms with Gasteiger partial charge < -0.3 is 4.98 Å². The van der Waals surface area contributed by atoms with E-state index in [1.807, 2.05) is 35.9 Å². The van der Waals surface area contributed by atoms with Crippen LogP contribution in [0.1, 0.15) is 5.56 Å². The average Bonchev–Trinajstić information content (AvgIpc) is 3.53. The number of thiophene rings is 1. The highest BCUT2D eigenvalue weighted by atomic mass is 32.1. The van der Waals surface area contributed by atoms with Gasteiger partial charge in [-0.25, -0.2) is 9.37 Å². The lowest BCUT2D eigenvalue weighted by Crippen LogP contribution is -1.94. The molecule has 0 aliphatic carbocycles. The van der Waals surface area contributed by atoms with Crippen LogP contribution in [0.2, 0.25) is 0 Å². The van der Waals surface area contributed by atoms with Crippen molar-refractivity contribution >= 4 is 33.3 Å². The molecule has 6 aromatic heterocycles. The highest BCUT2D eigenvalue weighted by Crippen LogP contribution is 2.34. The van der Waals surface area contributed by atoms with Gasteiger partial charge in [0.2, 0.25) is 0 Å². The van der Waals surface area contributed by atoms with Crippen LogP contribution < -0.4 is 0 Å². The number of aromatic nitrogens is 7. The number of aromatic amines is 2. The number of aryl methyl sites for hydroxylation is 1. The van der Waals surface area contributed by atoms with Crippen LogP contribution in [0.3, 0.4) is 0 Å². The number of hydrogen-bond acceptors (Lipinski definition) is 6. The smallest absolute Gasteiger partial charge is 0.161 e. The zero-order valence-corrected chi connectivity index (χ0v) is 17.0. The summed E-state index contributed by atoms with van der Waals surface area (Å²) in [7, 11) is 0. The first kappa shape index (κ1) is 17.8. The van der Waals surface area contributed by atoms with Crippen molar-refractivity contribution in [3.8, 4) is 34.0 Å². The molecule has 7 nitrogen and oxygen atoms in total. The maximum absolute atomic E-state index is 15.7. The SMILES string of the molecule is Cc1ccncc1-c1ncc2[nH]nc(-c3nc4c(-c5ccsc5)nccc4[nH]3)c2c1F. The van der Waals surface area contributed by atoms with Gasteiger partial charge in [0.1, 0.15) is 16.9 Å². The monoisotopic (exact) mass is 427 g/mol. The third kappa shape index (κ3) is 2.74. The van der Waals surface area contributed by atoms with Crippen molar-refractivity contribution in [2.75, 3.05) is 0 Å². The van der Waals surface area contributed by atoms with Crippen molar-refractivity contribution in [3.05, 3.63) is 65.1 Å². The molecule has 0 aromatic carbocycles. The van der Waals surface area contributed by atoms with E-state index in [0.29, 0.717) is 33.5 Å². The number of nitrogens with zero attached hydrogens (tertiary/aromatic N) is 5. The first-order chi connectivity index (χ1) is 15.2. The van der Waals surface area contributed by atoms with Gasteiger partial charge in [-0.1, -0.05) is 0 Å². The molecule has 0 saturated carbocycles. The maximum Gasteiger partial charge on any atom is 0.161 e. The van der Waals surface area contributed by atoms with Gasteiger partial charge in [0, 0.05) is 35.1 Å². The van der Waals surface area contributed by atoms with Crippen LogP contribution >= 0.6 is 11.3 Å². The molecule has 0 spiro atoms. The fraction of sp³-hybridized carbons (Fsp3) is 0.0455. The van der Waals surface area contributed by atoms with Gasteiger partial charge >= 0.3 is 0 Å². The molecule has 2 N–H and O–H groups in total. The van der Waals surface area contributed by atoms with Crippen molar-refractivity contribution in [1.82, 2.24) is 35.1 Å². The molecule has 0 aliphatic heterocycles. The van der Waals surface area contributed by atoms with Gasteiger partial charge in [-0.2, -0.15) is 16.4 Å². The number of pyridine rings is 3. The third-order valence-corrected chi connectivity index (χ3v) is 5.94. The van der Waals surface area contributed by atoms with Crippen LogP contribution in [0.5, 0.6) is 0 Å². The Hall–Kier alpha value is -3.98. The number of rotatable bonds is 3. The summed E-state index contributed by atoms with van der Waals surface area (Å²) in [6.07, 6.45) is 6.60. The van der Waals surface area contributed by atoms with E-state index in [4.69, 9.17) is 4.98 Å². The van der Waals surface area contributed by atoms with E-state index < -0.39 is 5.82 Å². The van der Waals surface area contributed by atoms with Gasteiger partial charge in [0.25, 0.3) is 0 Å². The molecule has 9 heteroatoms. The number of fused-ring (bicyclic) bond motifs is 2. The molecule has 0 amide bonds. The molecule has 0 fully saturated rings. The second kappa shape index (κ2) is 6.78. The number of hydrogen-bond donors (Lipinski definition) is 2. The predicted molar refractivity (Wildman–Crippen MR) is 118 cm³/mol. The van der Waals surface area contributed by atoms with E-state index in [2.05, 4.69) is 30.1 Å². The summed E-state index contributed by atoms with van der Waals surface area (Å²) in [4.78, 5) is 20.9. The number of nitrogens with one attached hydrogen (secondary N) is 2. The molecule has 0 atom stereocenters. The zero-order valence-electron chi connectivity index (χ0n) is 16.2. The standard InChI is InChI=1S/C22H14FN7S/c1-11-2-5-24-8-13(11)19-17(23)16-15(9-26-19)29-30-21(16)22-27-14-3-6-25-18(20(14)28-22)12-4-7-31-10-12/h2-10H,1H3,(H,27,28)(H,29,30). The Morgan fingerprint density at radius 2 is 1.90 bits per heavy atom. The number of halogens is 1. The average molecular weight is 427 g/mol. The van der Waals surface area contributed by atoms with Crippen molar-refractivity contribution in [2.24, 2.45) is 0 Å². The van der Waals surface area contributed by atoms with Crippen LogP contribution in [-0.2, 0) is 0 Å². The Labute approximate surface area is 179 Å². The van der Waals surface area contributed by atoms with Crippen LogP contribution in [0.25, 0.3) is 56.0 Å². The molecule has 0 bridgehead atoms. The molecule has 0 radical (unpaired) electrons. The molecule has 31 heavy (non-hydrogen) atoms. The zero-order chi connectivity index (χ0) is 20.9. The fourth-order valence-corrected chi connectivity index (χ4v) is 4.34. The number of H-pyrrole nitrogens is 2. The highest BCUT2D eigenvalue weighted by Gasteiger charge is 2.21. The Kier molecular flexibility index (Phi) is 3.90. The summed E-state index contributed by atoms with van der Waals surface area (Å²) in [5, 5.41) is 11.6. The van der Waals surface area contributed by atoms with Gasteiger partial charge in [-0.05, 0) is 36.1 Å². The minimum atomic E-state index is -0.464. The molecule has 6 rings (SSSR count). The molecular formula is C22H14FN7S. The molecule has 0 unspecified atom stereocenters. The first-order valence-electron chi connectivity index (χ1n) is 9.52. The lowest BCUT2D eigenvalue weighted by Gasteiger charge is -2.06. The largest absolute Gasteiger partial charge is 0.336 e. The second-order valence-corrected chi connectivity index (χ2v) is 7.91. The summed E-state index contributed by atoms with van der Waals surface area (Å²) in [6.45, 7) is 1.90. The van der Waals surface area contributed by atoms with Crippen LogP contribution in [0, 0.1) is 12.7 Å². The Bertz CT molecular complexity index is 1570. The lowest BCUT2D eigenvalue weighted by atomic mass is 10.1. The van der Waals surface area contributed by atoms with Crippen molar-refractivity contribution in [3.63, 3.8) is 0 Å². The van der Waals surface area contributed by atoms with Crippen molar-refractivity contribution in [1.29, 1.82) is 0 Å². The summed E-state index contributed by atoms with van der Waals surface area (Å²) >= 11 is 1.60. The maximum atomic E-state index is 15.7. The van der Waals surface area contributed by atoms with Gasteiger partial charge in [0.15, 0.2) is 11.6 Å². The van der Waals surface area contributed by atoms with E-state index in [1.165, 1.54) is 0 Å². The molecular weight excluding hydrogens is 413 g/mol. The molecule has 0 saturated heterocycles. The van der Waals surface area contributed by atoms with Crippen molar-refractivity contribution < 1.29 is 4.39 Å². The lowest BCUT2D eigenvalue weighted by molar-refractivity contribution is 0.638. The van der Waals surface area contributed by atoms with Gasteiger partial charge in [-0.3, -0.25) is 20.1 Å². The first-order valence-corrected chi connectivity index (χ1v) is 10.5. The topological polar surface area (TPSA) is 96.0 Å².